The highest BCUT2D eigenvalue weighted by atomic mass is 16.4. The van der Waals surface area contributed by atoms with E-state index in [0.717, 1.165) is 19.4 Å². The molecule has 0 aromatic rings. The molecule has 10 heteroatoms. The number of carbonyl (C=O) groups is 4. The van der Waals surface area contributed by atoms with Crippen LogP contribution in [0.3, 0.4) is 0 Å². The molecule has 0 aromatic heterocycles. The van der Waals surface area contributed by atoms with Crippen LogP contribution in [-0.2, 0) is 19.2 Å². The number of nitrogens with two attached hydrogens (primary N) is 1. The molecule has 2 fully saturated rings. The highest BCUT2D eigenvalue weighted by Crippen LogP contribution is 2.05. The van der Waals surface area contributed by atoms with E-state index in [1.54, 1.807) is 0 Å². The van der Waals surface area contributed by atoms with E-state index in [1.807, 2.05) is 13.8 Å². The molecular weight excluding hydrogens is 346 g/mol. The molecular formula is C16H29N3O7. The zero-order valence-corrected chi connectivity index (χ0v) is 15.1. The molecule has 0 spiro atoms. The maximum atomic E-state index is 10.4. The molecule has 0 bridgehead atoms. The van der Waals surface area contributed by atoms with Gasteiger partial charge in [0.1, 0.15) is 18.1 Å². The van der Waals surface area contributed by atoms with Gasteiger partial charge in [-0.1, -0.05) is 13.8 Å². The van der Waals surface area contributed by atoms with Crippen LogP contribution >= 0.6 is 0 Å². The minimum absolute atomic E-state index is 0.164. The Balaban J connectivity index is 0.000000361. The molecule has 2 aliphatic rings. The number of aliphatic carboxylic acids is 3. The number of amides is 1. The minimum atomic E-state index is -0.944. The number of carbonyl (C=O) groups excluding carboxylic acids is 1. The average Bonchev–Trinajstić information content (AvgIpc) is 3.18. The number of carboxylic acid groups (broad SMARTS) is 3. The summed E-state index contributed by atoms with van der Waals surface area (Å²) < 4.78 is 0. The van der Waals surface area contributed by atoms with Gasteiger partial charge in [0.25, 0.3) is 0 Å². The third-order valence-electron chi connectivity index (χ3n) is 3.69. The molecule has 0 aromatic carbocycles. The Kier molecular flexibility index (Phi) is 11.2. The van der Waals surface area contributed by atoms with Crippen molar-refractivity contribution in [2.45, 2.75) is 64.1 Å². The van der Waals surface area contributed by atoms with E-state index in [2.05, 4.69) is 10.6 Å². The third kappa shape index (κ3) is 10.6. The van der Waals surface area contributed by atoms with Gasteiger partial charge >= 0.3 is 17.9 Å². The number of nitrogens with one attached hydrogen (secondary N) is 2. The van der Waals surface area contributed by atoms with Gasteiger partial charge in [-0.25, -0.2) is 4.79 Å². The van der Waals surface area contributed by atoms with Gasteiger partial charge in [0.05, 0.1) is 0 Å². The first-order chi connectivity index (χ1) is 12.0. The van der Waals surface area contributed by atoms with Crippen molar-refractivity contribution < 1.29 is 34.5 Å². The number of carboxylic acids is 3. The standard InChI is InChI=1S/C6H13NO2.C5H7NO3.C5H9NO2/c1-4(2)3-5(7)6(8)9;7-4-2-1-3(6-4)5(8)9;7-5(8)4-2-1-3-6-4/h4-5H,3,7H2,1-2H3,(H,8,9);3H,1-2H2,(H,6,7)(H,8,9);4,6H,1-3H2,(H,7,8)/t5-;3-;4-/m000/s1. The summed E-state index contributed by atoms with van der Waals surface area (Å²) in [7, 11) is 0. The third-order valence-corrected chi connectivity index (χ3v) is 3.69. The molecule has 1 amide bonds. The molecule has 10 nitrogen and oxygen atoms in total. The molecule has 2 rings (SSSR count). The second-order valence-corrected chi connectivity index (χ2v) is 6.56. The van der Waals surface area contributed by atoms with Crippen LogP contribution in [0.1, 0.15) is 46.0 Å². The zero-order chi connectivity index (χ0) is 20.3. The summed E-state index contributed by atoms with van der Waals surface area (Å²) in [5, 5.41) is 30.1. The first-order valence-electron chi connectivity index (χ1n) is 8.51. The van der Waals surface area contributed by atoms with Gasteiger partial charge in [0.15, 0.2) is 0 Å². The predicted octanol–water partition coefficient (Wildman–Crippen LogP) is -0.383. The van der Waals surface area contributed by atoms with E-state index in [9.17, 15) is 19.2 Å². The van der Waals surface area contributed by atoms with Crippen molar-refractivity contribution >= 4 is 23.8 Å². The molecule has 2 aliphatic heterocycles. The van der Waals surface area contributed by atoms with Crippen LogP contribution in [0.15, 0.2) is 0 Å². The lowest BCUT2D eigenvalue weighted by molar-refractivity contribution is -0.140. The fraction of sp³-hybridized carbons (Fsp3) is 0.750. The van der Waals surface area contributed by atoms with Gasteiger partial charge in [-0.05, 0) is 38.1 Å². The monoisotopic (exact) mass is 375 g/mol. The van der Waals surface area contributed by atoms with E-state index >= 15 is 0 Å². The molecule has 7 N–H and O–H groups in total. The van der Waals surface area contributed by atoms with Gasteiger partial charge in [-0.3, -0.25) is 14.4 Å². The molecule has 3 atom stereocenters. The van der Waals surface area contributed by atoms with Crippen molar-refractivity contribution in [2.75, 3.05) is 6.54 Å². The Morgan fingerprint density at radius 1 is 1.12 bits per heavy atom. The van der Waals surface area contributed by atoms with Crippen LogP contribution in [0, 0.1) is 5.92 Å². The Morgan fingerprint density at radius 3 is 1.88 bits per heavy atom. The summed E-state index contributed by atoms with van der Waals surface area (Å²) in [6, 6.07) is -1.60. The van der Waals surface area contributed by atoms with E-state index in [-0.39, 0.29) is 11.9 Å². The molecule has 0 unspecified atom stereocenters. The largest absolute Gasteiger partial charge is 0.480 e. The van der Waals surface area contributed by atoms with Crippen molar-refractivity contribution in [3.8, 4) is 0 Å². The van der Waals surface area contributed by atoms with Gasteiger partial charge < -0.3 is 31.7 Å². The Bertz CT molecular complexity index is 490. The number of hydrogen-bond donors (Lipinski definition) is 6. The highest BCUT2D eigenvalue weighted by Gasteiger charge is 2.26. The minimum Gasteiger partial charge on any atom is -0.480 e. The Labute approximate surface area is 152 Å². The lowest BCUT2D eigenvalue weighted by atomic mass is 10.1. The van der Waals surface area contributed by atoms with Crippen molar-refractivity contribution in [2.24, 2.45) is 11.7 Å². The normalized spacial score (nSPS) is 22.4. The van der Waals surface area contributed by atoms with Gasteiger partial charge in [-0.15, -0.1) is 0 Å². The first-order valence-corrected chi connectivity index (χ1v) is 8.51. The van der Waals surface area contributed by atoms with Crippen LogP contribution in [0.5, 0.6) is 0 Å². The number of hydrogen-bond acceptors (Lipinski definition) is 6. The zero-order valence-electron chi connectivity index (χ0n) is 15.1. The molecule has 150 valence electrons. The molecule has 2 saturated heterocycles. The summed E-state index contributed by atoms with van der Waals surface area (Å²) in [6.07, 6.45) is 3.10. The summed E-state index contributed by atoms with van der Waals surface area (Å²) in [5.41, 5.74) is 5.22. The smallest absolute Gasteiger partial charge is 0.326 e. The van der Waals surface area contributed by atoms with Crippen LogP contribution in [0.2, 0.25) is 0 Å². The predicted molar refractivity (Wildman–Crippen MR) is 92.5 cm³/mol. The maximum Gasteiger partial charge on any atom is 0.326 e. The summed E-state index contributed by atoms with van der Waals surface area (Å²) in [4.78, 5) is 40.8. The molecule has 26 heavy (non-hydrogen) atoms. The van der Waals surface area contributed by atoms with Crippen LogP contribution < -0.4 is 16.4 Å². The molecule has 0 aliphatic carbocycles. The molecule has 0 radical (unpaired) electrons. The second-order valence-electron chi connectivity index (χ2n) is 6.56. The van der Waals surface area contributed by atoms with Gasteiger partial charge in [0, 0.05) is 6.42 Å². The maximum absolute atomic E-state index is 10.4. The lowest BCUT2D eigenvalue weighted by Crippen LogP contribution is -2.32. The van der Waals surface area contributed by atoms with Gasteiger partial charge in [0.2, 0.25) is 5.91 Å². The Morgan fingerprint density at radius 2 is 1.69 bits per heavy atom. The SMILES string of the molecule is CC(C)C[C@H](N)C(=O)O.O=C(O)[C@@H]1CCCN1.O=C1CC[C@@H](C(=O)O)N1. The quantitative estimate of drug-likeness (QED) is 0.373. The van der Waals surface area contributed by atoms with Crippen molar-refractivity contribution in [3.63, 3.8) is 0 Å². The first kappa shape index (κ1) is 23.8. The highest BCUT2D eigenvalue weighted by molar-refractivity contribution is 5.87. The van der Waals surface area contributed by atoms with Crippen molar-refractivity contribution in [1.29, 1.82) is 0 Å². The van der Waals surface area contributed by atoms with Gasteiger partial charge in [-0.2, -0.15) is 0 Å². The van der Waals surface area contributed by atoms with E-state index in [1.165, 1.54) is 0 Å². The van der Waals surface area contributed by atoms with E-state index in [4.69, 9.17) is 21.1 Å². The summed E-state index contributed by atoms with van der Waals surface area (Å²) in [5.74, 6) is -2.38. The topological polar surface area (TPSA) is 179 Å². The van der Waals surface area contributed by atoms with E-state index < -0.39 is 30.0 Å². The van der Waals surface area contributed by atoms with Crippen molar-refractivity contribution in [3.05, 3.63) is 0 Å². The van der Waals surface area contributed by atoms with E-state index in [0.29, 0.717) is 25.2 Å². The van der Waals surface area contributed by atoms with Crippen molar-refractivity contribution in [1.82, 2.24) is 10.6 Å². The van der Waals surface area contributed by atoms with Crippen LogP contribution in [0.25, 0.3) is 0 Å². The van der Waals surface area contributed by atoms with Crippen LogP contribution in [-0.4, -0.2) is 63.8 Å². The summed E-state index contributed by atoms with van der Waals surface area (Å²) >= 11 is 0. The van der Waals surface area contributed by atoms with Crippen LogP contribution in [0.4, 0.5) is 0 Å². The lowest BCUT2D eigenvalue weighted by Gasteiger charge is -2.07. The summed E-state index contributed by atoms with van der Waals surface area (Å²) in [6.45, 7) is 4.75. The fourth-order valence-corrected chi connectivity index (χ4v) is 2.30. The number of rotatable bonds is 5. The fourth-order valence-electron chi connectivity index (χ4n) is 2.30. The average molecular weight is 375 g/mol. The molecule has 2 heterocycles. The Hall–Kier alpha value is -2.20. The second kappa shape index (κ2) is 12.2. The molecule has 0 saturated carbocycles.